The van der Waals surface area contributed by atoms with Crippen LogP contribution in [-0.2, 0) is 0 Å². The van der Waals surface area contributed by atoms with Crippen LogP contribution in [0.15, 0.2) is 0 Å². The van der Waals surface area contributed by atoms with Gasteiger partial charge in [-0.2, -0.15) is 11.8 Å². The van der Waals surface area contributed by atoms with Gasteiger partial charge in [0.15, 0.2) is 0 Å². The van der Waals surface area contributed by atoms with Crippen LogP contribution < -0.4 is 0 Å². The van der Waals surface area contributed by atoms with E-state index >= 15 is 0 Å². The van der Waals surface area contributed by atoms with E-state index in [4.69, 9.17) is 0 Å². The molecule has 2 unspecified atom stereocenters. The maximum Gasteiger partial charge on any atom is 0.0686 e. The molecule has 1 N–H and O–H groups in total. The SMILES string of the molecule is CCC1CCC(C(O)C2CCCCS2)CC1. The number of thioether (sulfide) groups is 1. The van der Waals surface area contributed by atoms with Crippen LogP contribution in [0.25, 0.3) is 0 Å². The summed E-state index contributed by atoms with van der Waals surface area (Å²) in [6.45, 7) is 2.30. The van der Waals surface area contributed by atoms with Gasteiger partial charge in [0, 0.05) is 5.25 Å². The van der Waals surface area contributed by atoms with Crippen molar-refractivity contribution >= 4 is 11.8 Å². The summed E-state index contributed by atoms with van der Waals surface area (Å²) >= 11 is 2.02. The van der Waals surface area contributed by atoms with Gasteiger partial charge < -0.3 is 5.11 Å². The van der Waals surface area contributed by atoms with Gasteiger partial charge in [0.05, 0.1) is 6.10 Å². The van der Waals surface area contributed by atoms with Gasteiger partial charge in [0.2, 0.25) is 0 Å². The number of rotatable bonds is 3. The quantitative estimate of drug-likeness (QED) is 0.811. The molecule has 0 amide bonds. The standard InChI is InChI=1S/C14H26OS/c1-2-11-6-8-12(9-7-11)14(15)13-5-3-4-10-16-13/h11-15H,2-10H2,1H3. The van der Waals surface area contributed by atoms with Gasteiger partial charge in [-0.05, 0) is 43.3 Å². The Morgan fingerprint density at radius 3 is 2.44 bits per heavy atom. The Morgan fingerprint density at radius 2 is 1.88 bits per heavy atom. The average molecular weight is 242 g/mol. The van der Waals surface area contributed by atoms with Crippen LogP contribution in [0.3, 0.4) is 0 Å². The first-order chi connectivity index (χ1) is 7.81. The molecular weight excluding hydrogens is 216 g/mol. The fourth-order valence-electron chi connectivity index (χ4n) is 3.28. The van der Waals surface area contributed by atoms with E-state index in [0.29, 0.717) is 11.2 Å². The second-order valence-corrected chi connectivity index (χ2v) is 6.93. The number of hydrogen-bond donors (Lipinski definition) is 1. The lowest BCUT2D eigenvalue weighted by atomic mass is 9.77. The second kappa shape index (κ2) is 6.30. The zero-order valence-electron chi connectivity index (χ0n) is 10.5. The van der Waals surface area contributed by atoms with Crippen molar-refractivity contribution in [1.82, 2.24) is 0 Å². The first-order valence-electron chi connectivity index (χ1n) is 7.11. The summed E-state index contributed by atoms with van der Waals surface area (Å²) < 4.78 is 0. The van der Waals surface area contributed by atoms with Crippen molar-refractivity contribution in [2.24, 2.45) is 11.8 Å². The summed E-state index contributed by atoms with van der Waals surface area (Å²) in [6, 6.07) is 0. The molecule has 2 fully saturated rings. The maximum atomic E-state index is 10.4. The van der Waals surface area contributed by atoms with Gasteiger partial charge in [0.25, 0.3) is 0 Å². The summed E-state index contributed by atoms with van der Waals surface area (Å²) in [5.41, 5.74) is 0. The van der Waals surface area contributed by atoms with Crippen LogP contribution in [0.2, 0.25) is 0 Å². The molecule has 16 heavy (non-hydrogen) atoms. The van der Waals surface area contributed by atoms with E-state index in [1.54, 1.807) is 0 Å². The maximum absolute atomic E-state index is 10.4. The van der Waals surface area contributed by atoms with Gasteiger partial charge in [-0.15, -0.1) is 0 Å². The number of hydrogen-bond acceptors (Lipinski definition) is 2. The highest BCUT2D eigenvalue weighted by Gasteiger charge is 2.31. The molecule has 1 nitrogen and oxygen atoms in total. The molecule has 0 radical (unpaired) electrons. The Bertz CT molecular complexity index is 193. The lowest BCUT2D eigenvalue weighted by Crippen LogP contribution is -2.35. The number of aliphatic hydroxyl groups excluding tert-OH is 1. The molecule has 2 heteroatoms. The average Bonchev–Trinajstić information content (AvgIpc) is 2.39. The third-order valence-electron chi connectivity index (χ3n) is 4.55. The predicted octanol–water partition coefficient (Wildman–Crippen LogP) is 3.85. The van der Waals surface area contributed by atoms with Gasteiger partial charge in [-0.1, -0.05) is 32.6 Å². The lowest BCUT2D eigenvalue weighted by Gasteiger charge is -2.36. The summed E-state index contributed by atoms with van der Waals surface area (Å²) in [5.74, 6) is 2.83. The molecule has 94 valence electrons. The van der Waals surface area contributed by atoms with E-state index in [2.05, 4.69) is 6.92 Å². The van der Waals surface area contributed by atoms with Crippen LogP contribution >= 0.6 is 11.8 Å². The van der Waals surface area contributed by atoms with Crippen molar-refractivity contribution < 1.29 is 5.11 Å². The molecule has 0 bridgehead atoms. The highest BCUT2D eigenvalue weighted by atomic mass is 32.2. The van der Waals surface area contributed by atoms with Crippen molar-refractivity contribution in [2.45, 2.75) is 69.6 Å². The van der Waals surface area contributed by atoms with Crippen molar-refractivity contribution in [3.8, 4) is 0 Å². The molecule has 0 aromatic heterocycles. The minimum absolute atomic E-state index is 0.0110. The Morgan fingerprint density at radius 1 is 1.12 bits per heavy atom. The number of aliphatic hydroxyl groups is 1. The second-order valence-electron chi connectivity index (χ2n) is 5.58. The Balaban J connectivity index is 1.78. The Hall–Kier alpha value is 0.310. The van der Waals surface area contributed by atoms with E-state index in [1.165, 1.54) is 57.1 Å². The third-order valence-corrected chi connectivity index (χ3v) is 6.01. The van der Waals surface area contributed by atoms with Crippen LogP contribution in [0.1, 0.15) is 58.3 Å². The van der Waals surface area contributed by atoms with Crippen molar-refractivity contribution in [3.63, 3.8) is 0 Å². The van der Waals surface area contributed by atoms with Gasteiger partial charge in [-0.3, -0.25) is 0 Å². The molecule has 2 rings (SSSR count). The first kappa shape index (κ1) is 12.8. The Labute approximate surface area is 104 Å². The molecule has 1 heterocycles. The summed E-state index contributed by atoms with van der Waals surface area (Å²) in [5, 5.41) is 11.0. The summed E-state index contributed by atoms with van der Waals surface area (Å²) in [7, 11) is 0. The lowest BCUT2D eigenvalue weighted by molar-refractivity contribution is 0.0684. The molecule has 1 saturated carbocycles. The molecule has 0 spiro atoms. The molecule has 1 saturated heterocycles. The predicted molar refractivity (Wildman–Crippen MR) is 71.8 cm³/mol. The Kier molecular flexibility index (Phi) is 5.02. The normalized spacial score (nSPS) is 38.2. The molecule has 2 aliphatic rings. The van der Waals surface area contributed by atoms with E-state index in [-0.39, 0.29) is 6.10 Å². The highest BCUT2D eigenvalue weighted by molar-refractivity contribution is 8.00. The summed E-state index contributed by atoms with van der Waals surface area (Å²) in [4.78, 5) is 0. The molecule has 1 aliphatic heterocycles. The van der Waals surface area contributed by atoms with Gasteiger partial charge >= 0.3 is 0 Å². The van der Waals surface area contributed by atoms with E-state index in [1.807, 2.05) is 11.8 Å². The largest absolute Gasteiger partial charge is 0.392 e. The molecule has 0 aromatic rings. The summed E-state index contributed by atoms with van der Waals surface area (Å²) in [6.07, 6.45) is 10.5. The molecule has 0 aromatic carbocycles. The minimum atomic E-state index is -0.0110. The van der Waals surface area contributed by atoms with Crippen LogP contribution in [-0.4, -0.2) is 22.2 Å². The van der Waals surface area contributed by atoms with Crippen molar-refractivity contribution in [2.75, 3.05) is 5.75 Å². The first-order valence-corrected chi connectivity index (χ1v) is 8.15. The smallest absolute Gasteiger partial charge is 0.0686 e. The van der Waals surface area contributed by atoms with Crippen molar-refractivity contribution in [3.05, 3.63) is 0 Å². The zero-order chi connectivity index (χ0) is 11.4. The fraction of sp³-hybridized carbons (Fsp3) is 1.00. The zero-order valence-corrected chi connectivity index (χ0v) is 11.3. The van der Waals surface area contributed by atoms with Gasteiger partial charge in [0.1, 0.15) is 0 Å². The molecule has 2 atom stereocenters. The van der Waals surface area contributed by atoms with Crippen molar-refractivity contribution in [1.29, 1.82) is 0 Å². The van der Waals surface area contributed by atoms with E-state index in [0.717, 1.165) is 5.92 Å². The van der Waals surface area contributed by atoms with Crippen LogP contribution in [0, 0.1) is 11.8 Å². The minimum Gasteiger partial charge on any atom is -0.392 e. The highest BCUT2D eigenvalue weighted by Crippen LogP contribution is 2.38. The van der Waals surface area contributed by atoms with Gasteiger partial charge in [-0.25, -0.2) is 0 Å². The molecule has 1 aliphatic carbocycles. The monoisotopic (exact) mass is 242 g/mol. The fourth-order valence-corrected chi connectivity index (χ4v) is 4.70. The van der Waals surface area contributed by atoms with E-state index in [9.17, 15) is 5.11 Å². The molecular formula is C14H26OS. The topological polar surface area (TPSA) is 20.2 Å². The third kappa shape index (κ3) is 3.16. The van der Waals surface area contributed by atoms with Crippen LogP contribution in [0.5, 0.6) is 0 Å². The van der Waals surface area contributed by atoms with Crippen LogP contribution in [0.4, 0.5) is 0 Å². The van der Waals surface area contributed by atoms with E-state index < -0.39 is 0 Å².